The van der Waals surface area contributed by atoms with E-state index < -0.39 is 0 Å². The average molecular weight is 246 g/mol. The van der Waals surface area contributed by atoms with E-state index >= 15 is 0 Å². The molecule has 0 radical (unpaired) electrons. The Morgan fingerprint density at radius 1 is 1.44 bits per heavy atom. The van der Waals surface area contributed by atoms with E-state index in [0.717, 1.165) is 13.0 Å². The highest BCUT2D eigenvalue weighted by Gasteiger charge is 2.17. The number of nitrogens with one attached hydrogen (secondary N) is 2. The van der Waals surface area contributed by atoms with Crippen molar-refractivity contribution in [3.63, 3.8) is 0 Å². The molecule has 0 saturated carbocycles. The fraction of sp³-hybridized carbons (Fsp3) is 0.533. The molecule has 0 aromatic heterocycles. The van der Waals surface area contributed by atoms with Crippen LogP contribution in [-0.4, -0.2) is 18.5 Å². The van der Waals surface area contributed by atoms with Crippen LogP contribution >= 0.6 is 0 Å². The van der Waals surface area contributed by atoms with Crippen LogP contribution in [0.4, 0.5) is 0 Å². The molecular weight excluding hydrogens is 224 g/mol. The first kappa shape index (κ1) is 13.1. The van der Waals surface area contributed by atoms with Gasteiger partial charge in [0.25, 0.3) is 0 Å². The molecular formula is C15H22N2O. The maximum absolute atomic E-state index is 11.8. The van der Waals surface area contributed by atoms with E-state index in [1.54, 1.807) is 0 Å². The molecule has 2 N–H and O–H groups in total. The summed E-state index contributed by atoms with van der Waals surface area (Å²) in [6.45, 7) is 5.86. The molecule has 3 nitrogen and oxygen atoms in total. The number of benzene rings is 1. The topological polar surface area (TPSA) is 41.1 Å². The molecule has 2 rings (SSSR count). The van der Waals surface area contributed by atoms with Gasteiger partial charge in [-0.2, -0.15) is 0 Å². The van der Waals surface area contributed by atoms with E-state index in [2.05, 4.69) is 42.7 Å². The summed E-state index contributed by atoms with van der Waals surface area (Å²) in [6, 6.07) is 6.72. The highest BCUT2D eigenvalue weighted by atomic mass is 16.1. The zero-order valence-electron chi connectivity index (χ0n) is 11.3. The fourth-order valence-corrected chi connectivity index (χ4v) is 2.46. The van der Waals surface area contributed by atoms with Crippen molar-refractivity contribution in [2.24, 2.45) is 0 Å². The van der Waals surface area contributed by atoms with Gasteiger partial charge in [0.1, 0.15) is 0 Å². The Bertz CT molecular complexity index is 423. The Kier molecular flexibility index (Phi) is 4.37. The Morgan fingerprint density at radius 2 is 2.28 bits per heavy atom. The van der Waals surface area contributed by atoms with E-state index in [1.807, 2.05) is 0 Å². The van der Waals surface area contributed by atoms with Crippen LogP contribution < -0.4 is 10.6 Å². The van der Waals surface area contributed by atoms with Crippen molar-refractivity contribution in [2.75, 3.05) is 6.54 Å². The van der Waals surface area contributed by atoms with Crippen LogP contribution in [-0.2, 0) is 11.3 Å². The van der Waals surface area contributed by atoms with Gasteiger partial charge < -0.3 is 10.6 Å². The Hall–Kier alpha value is -1.35. The third kappa shape index (κ3) is 3.57. The summed E-state index contributed by atoms with van der Waals surface area (Å²) in [4.78, 5) is 11.8. The van der Waals surface area contributed by atoms with Crippen molar-refractivity contribution >= 4 is 5.91 Å². The summed E-state index contributed by atoms with van der Waals surface area (Å²) in [5.74, 6) is 0.148. The molecule has 18 heavy (non-hydrogen) atoms. The quantitative estimate of drug-likeness (QED) is 0.854. The van der Waals surface area contributed by atoms with Crippen molar-refractivity contribution in [3.05, 3.63) is 34.9 Å². The first-order valence-corrected chi connectivity index (χ1v) is 6.71. The molecule has 1 fully saturated rings. The third-order valence-corrected chi connectivity index (χ3v) is 3.57. The van der Waals surface area contributed by atoms with Gasteiger partial charge in [0.15, 0.2) is 0 Å². The summed E-state index contributed by atoms with van der Waals surface area (Å²) in [6.07, 6.45) is 2.91. The number of rotatable bonds is 4. The molecule has 98 valence electrons. The lowest BCUT2D eigenvalue weighted by Gasteiger charge is -2.12. The lowest BCUT2D eigenvalue weighted by Crippen LogP contribution is -2.31. The number of carbonyl (C=O) groups is 1. The first-order chi connectivity index (χ1) is 8.65. The highest BCUT2D eigenvalue weighted by molar-refractivity contribution is 5.76. The number of hydrogen-bond donors (Lipinski definition) is 2. The van der Waals surface area contributed by atoms with Crippen LogP contribution in [0.25, 0.3) is 0 Å². The number of aryl methyl sites for hydroxylation is 2. The summed E-state index contributed by atoms with van der Waals surface area (Å²) in [5, 5.41) is 6.35. The number of carbonyl (C=O) groups excluding carboxylic acids is 1. The van der Waals surface area contributed by atoms with Crippen molar-refractivity contribution in [1.82, 2.24) is 10.6 Å². The molecule has 1 amide bonds. The van der Waals surface area contributed by atoms with Crippen molar-refractivity contribution in [3.8, 4) is 0 Å². The van der Waals surface area contributed by atoms with E-state index in [4.69, 9.17) is 0 Å². The van der Waals surface area contributed by atoms with E-state index in [-0.39, 0.29) is 5.91 Å². The minimum absolute atomic E-state index is 0.148. The van der Waals surface area contributed by atoms with E-state index in [9.17, 15) is 4.79 Å². The molecule has 1 unspecified atom stereocenters. The van der Waals surface area contributed by atoms with E-state index in [0.29, 0.717) is 19.0 Å². The van der Waals surface area contributed by atoms with Gasteiger partial charge in [0.05, 0.1) is 0 Å². The van der Waals surface area contributed by atoms with Gasteiger partial charge in [-0.1, -0.05) is 23.8 Å². The molecule has 1 aliphatic heterocycles. The minimum Gasteiger partial charge on any atom is -0.352 e. The predicted octanol–water partition coefficient (Wildman–Crippen LogP) is 2.06. The van der Waals surface area contributed by atoms with Gasteiger partial charge in [-0.15, -0.1) is 0 Å². The monoisotopic (exact) mass is 246 g/mol. The summed E-state index contributed by atoms with van der Waals surface area (Å²) in [5.41, 5.74) is 3.71. The normalized spacial score (nSPS) is 18.9. The molecule has 3 heteroatoms. The maximum atomic E-state index is 11.8. The molecule has 0 aliphatic carbocycles. The lowest BCUT2D eigenvalue weighted by molar-refractivity contribution is -0.121. The van der Waals surface area contributed by atoms with Crippen LogP contribution in [0.15, 0.2) is 18.2 Å². The molecule has 1 aromatic rings. The second-order valence-electron chi connectivity index (χ2n) is 5.20. The molecule has 1 atom stereocenters. The molecule has 0 bridgehead atoms. The Morgan fingerprint density at radius 3 is 2.94 bits per heavy atom. The van der Waals surface area contributed by atoms with Crippen LogP contribution in [0.1, 0.15) is 36.0 Å². The van der Waals surface area contributed by atoms with Crippen LogP contribution in [0, 0.1) is 13.8 Å². The van der Waals surface area contributed by atoms with Gasteiger partial charge in [0, 0.05) is 19.0 Å². The first-order valence-electron chi connectivity index (χ1n) is 6.71. The van der Waals surface area contributed by atoms with Crippen LogP contribution in [0.2, 0.25) is 0 Å². The average Bonchev–Trinajstić information content (AvgIpc) is 2.80. The maximum Gasteiger partial charge on any atom is 0.221 e. The molecule has 1 aliphatic rings. The summed E-state index contributed by atoms with van der Waals surface area (Å²) in [7, 11) is 0. The molecule has 1 saturated heterocycles. The zero-order valence-corrected chi connectivity index (χ0v) is 11.3. The van der Waals surface area contributed by atoms with Crippen LogP contribution in [0.5, 0.6) is 0 Å². The SMILES string of the molecule is Cc1ccc(CNC(=O)CC2CCCN2)c(C)c1. The van der Waals surface area contributed by atoms with Crippen molar-refractivity contribution in [1.29, 1.82) is 0 Å². The molecule has 1 aromatic carbocycles. The fourth-order valence-electron chi connectivity index (χ4n) is 2.46. The number of hydrogen-bond acceptors (Lipinski definition) is 2. The Balaban J connectivity index is 1.81. The van der Waals surface area contributed by atoms with Gasteiger partial charge in [-0.3, -0.25) is 4.79 Å². The van der Waals surface area contributed by atoms with Crippen molar-refractivity contribution in [2.45, 2.75) is 45.7 Å². The van der Waals surface area contributed by atoms with Gasteiger partial charge in [-0.05, 0) is 44.4 Å². The predicted molar refractivity (Wildman–Crippen MR) is 73.4 cm³/mol. The second-order valence-corrected chi connectivity index (χ2v) is 5.20. The molecule has 1 heterocycles. The third-order valence-electron chi connectivity index (χ3n) is 3.57. The number of amides is 1. The Labute approximate surface area is 109 Å². The lowest BCUT2D eigenvalue weighted by atomic mass is 10.1. The minimum atomic E-state index is 0.148. The molecule has 0 spiro atoms. The summed E-state index contributed by atoms with van der Waals surface area (Å²) < 4.78 is 0. The summed E-state index contributed by atoms with van der Waals surface area (Å²) >= 11 is 0. The van der Waals surface area contributed by atoms with Gasteiger partial charge in [-0.25, -0.2) is 0 Å². The standard InChI is InChI=1S/C15H22N2O/c1-11-5-6-13(12(2)8-11)10-17-15(18)9-14-4-3-7-16-14/h5-6,8,14,16H,3-4,7,9-10H2,1-2H3,(H,17,18). The zero-order chi connectivity index (χ0) is 13.0. The highest BCUT2D eigenvalue weighted by Crippen LogP contribution is 2.11. The smallest absolute Gasteiger partial charge is 0.221 e. The second kappa shape index (κ2) is 6.01. The largest absolute Gasteiger partial charge is 0.352 e. The van der Waals surface area contributed by atoms with Crippen molar-refractivity contribution < 1.29 is 4.79 Å². The van der Waals surface area contributed by atoms with Crippen LogP contribution in [0.3, 0.4) is 0 Å². The van der Waals surface area contributed by atoms with Gasteiger partial charge in [0.2, 0.25) is 5.91 Å². The van der Waals surface area contributed by atoms with E-state index in [1.165, 1.54) is 23.1 Å². The van der Waals surface area contributed by atoms with Gasteiger partial charge >= 0.3 is 0 Å².